The van der Waals surface area contributed by atoms with Crippen LogP contribution in [0.1, 0.15) is 37.5 Å². The summed E-state index contributed by atoms with van der Waals surface area (Å²) in [6.45, 7) is 3.23. The third-order valence-electron chi connectivity index (χ3n) is 6.94. The Kier molecular flexibility index (Phi) is 5.60. The summed E-state index contributed by atoms with van der Waals surface area (Å²) in [5, 5.41) is 11.9. The highest BCUT2D eigenvalue weighted by atomic mass is 19.4. The first-order valence-electron chi connectivity index (χ1n) is 11.5. The number of aromatic hydroxyl groups is 1. The number of fused-ring (bicyclic) bond motifs is 2. The van der Waals surface area contributed by atoms with Crippen molar-refractivity contribution in [2.75, 3.05) is 6.54 Å². The lowest BCUT2D eigenvalue weighted by Crippen LogP contribution is -3.14. The Morgan fingerprint density at radius 1 is 1.03 bits per heavy atom. The Morgan fingerprint density at radius 3 is 2.56 bits per heavy atom. The first-order valence-corrected chi connectivity index (χ1v) is 11.5. The molecule has 1 aliphatic heterocycles. The summed E-state index contributed by atoms with van der Waals surface area (Å²) >= 11 is 0. The number of likely N-dealkylation sites (tertiary alicyclic amines) is 1. The Balaban J connectivity index is 1.79. The van der Waals surface area contributed by atoms with Gasteiger partial charge in [0.05, 0.1) is 29.1 Å². The van der Waals surface area contributed by atoms with E-state index in [1.54, 1.807) is 36.4 Å². The molecular weight excluding hydrogens is 443 g/mol. The van der Waals surface area contributed by atoms with Crippen LogP contribution < -0.4 is 10.3 Å². The van der Waals surface area contributed by atoms with Crippen LogP contribution in [0.4, 0.5) is 13.2 Å². The molecule has 0 saturated carbocycles. The first-order chi connectivity index (χ1) is 16.3. The minimum atomic E-state index is -4.90. The lowest BCUT2D eigenvalue weighted by atomic mass is 9.95. The van der Waals surface area contributed by atoms with Gasteiger partial charge in [-0.3, -0.25) is 4.79 Å². The molecule has 1 unspecified atom stereocenters. The van der Waals surface area contributed by atoms with Gasteiger partial charge in [0.15, 0.2) is 5.58 Å². The van der Waals surface area contributed by atoms with E-state index >= 15 is 0 Å². The standard InChI is InChI=1S/C27H24F3NO3/c1-16-7-4-5-14-31(16)15-21-22(32)13-12-20-24(33)23(26(27(28,29)30)34-25(20)21)19-11-6-9-17-8-2-3-10-18(17)19/h2-3,6,8-13,16,32H,4-5,7,14-15H2,1H3/p+1/t16-/m0/s1. The molecule has 4 nitrogen and oxygen atoms in total. The van der Waals surface area contributed by atoms with Gasteiger partial charge in [-0.25, -0.2) is 0 Å². The summed E-state index contributed by atoms with van der Waals surface area (Å²) in [7, 11) is 0. The highest BCUT2D eigenvalue weighted by Crippen LogP contribution is 2.40. The Hall–Kier alpha value is -3.32. The Morgan fingerprint density at radius 2 is 1.79 bits per heavy atom. The third-order valence-corrected chi connectivity index (χ3v) is 6.94. The normalized spacial score (nSPS) is 19.1. The number of phenolic OH excluding ortho intramolecular Hbond substituents is 1. The van der Waals surface area contributed by atoms with E-state index in [0.717, 1.165) is 36.1 Å². The summed E-state index contributed by atoms with van der Waals surface area (Å²) in [6.07, 6.45) is -1.78. The van der Waals surface area contributed by atoms with E-state index in [0.29, 0.717) is 11.4 Å². The lowest BCUT2D eigenvalue weighted by Gasteiger charge is -2.30. The molecule has 1 saturated heterocycles. The molecule has 0 spiro atoms. The zero-order chi connectivity index (χ0) is 24.0. The van der Waals surface area contributed by atoms with Gasteiger partial charge in [-0.05, 0) is 54.7 Å². The van der Waals surface area contributed by atoms with Crippen LogP contribution >= 0.6 is 0 Å². The van der Waals surface area contributed by atoms with Crippen molar-refractivity contribution in [2.45, 2.75) is 44.9 Å². The van der Waals surface area contributed by atoms with Gasteiger partial charge in [-0.15, -0.1) is 0 Å². The van der Waals surface area contributed by atoms with Gasteiger partial charge in [-0.2, -0.15) is 13.2 Å². The van der Waals surface area contributed by atoms with Gasteiger partial charge in [-0.1, -0.05) is 42.5 Å². The smallest absolute Gasteiger partial charge is 0.450 e. The number of rotatable bonds is 3. The van der Waals surface area contributed by atoms with E-state index < -0.39 is 22.9 Å². The molecule has 4 aromatic rings. The van der Waals surface area contributed by atoms with Crippen molar-refractivity contribution < 1.29 is 27.6 Å². The summed E-state index contributed by atoms with van der Waals surface area (Å²) < 4.78 is 48.4. The van der Waals surface area contributed by atoms with Crippen LogP contribution in [-0.4, -0.2) is 17.7 Å². The van der Waals surface area contributed by atoms with Crippen molar-refractivity contribution in [1.29, 1.82) is 0 Å². The lowest BCUT2D eigenvalue weighted by molar-refractivity contribution is -0.941. The average molecular weight is 468 g/mol. The zero-order valence-electron chi connectivity index (χ0n) is 18.7. The van der Waals surface area contributed by atoms with Crippen LogP contribution in [0.3, 0.4) is 0 Å². The quantitative estimate of drug-likeness (QED) is 0.429. The van der Waals surface area contributed by atoms with E-state index in [4.69, 9.17) is 4.42 Å². The molecule has 34 heavy (non-hydrogen) atoms. The van der Waals surface area contributed by atoms with Crippen LogP contribution in [0.15, 0.2) is 63.8 Å². The predicted molar refractivity (Wildman–Crippen MR) is 125 cm³/mol. The minimum Gasteiger partial charge on any atom is -0.507 e. The fraction of sp³-hybridized carbons (Fsp3) is 0.296. The molecule has 0 amide bonds. The molecule has 2 N–H and O–H groups in total. The van der Waals surface area contributed by atoms with Gasteiger partial charge in [0.25, 0.3) is 0 Å². The maximum absolute atomic E-state index is 14.3. The van der Waals surface area contributed by atoms with E-state index in [1.807, 2.05) is 0 Å². The number of benzene rings is 3. The molecule has 0 radical (unpaired) electrons. The minimum absolute atomic E-state index is 0.0350. The van der Waals surface area contributed by atoms with Crippen molar-refractivity contribution in [1.82, 2.24) is 0 Å². The highest BCUT2D eigenvalue weighted by molar-refractivity contribution is 5.99. The van der Waals surface area contributed by atoms with Gasteiger partial charge >= 0.3 is 6.18 Å². The van der Waals surface area contributed by atoms with Crippen molar-refractivity contribution in [3.05, 3.63) is 76.1 Å². The number of nitrogens with one attached hydrogen (secondary N) is 1. The molecule has 1 aromatic heterocycles. The van der Waals surface area contributed by atoms with E-state index in [2.05, 4.69) is 6.92 Å². The van der Waals surface area contributed by atoms with Crippen molar-refractivity contribution in [3.63, 3.8) is 0 Å². The molecule has 1 fully saturated rings. The summed E-state index contributed by atoms with van der Waals surface area (Å²) in [5.41, 5.74) is -1.04. The summed E-state index contributed by atoms with van der Waals surface area (Å²) in [6, 6.07) is 14.9. The largest absolute Gasteiger partial charge is 0.507 e. The number of hydrogen-bond acceptors (Lipinski definition) is 3. The molecule has 2 heterocycles. The third kappa shape index (κ3) is 3.84. The highest BCUT2D eigenvalue weighted by Gasteiger charge is 2.40. The molecule has 2 atom stereocenters. The SMILES string of the molecule is C[C@H]1CCCC[NH+]1Cc1c(O)ccc2c(=O)c(-c3cccc4ccccc34)c(C(F)(F)F)oc12. The van der Waals surface area contributed by atoms with Gasteiger partial charge in [0.2, 0.25) is 11.2 Å². The topological polar surface area (TPSA) is 54.9 Å². The average Bonchev–Trinajstić information content (AvgIpc) is 2.81. The number of phenols is 1. The number of alkyl halides is 3. The van der Waals surface area contributed by atoms with Crippen LogP contribution in [0, 0.1) is 0 Å². The van der Waals surface area contributed by atoms with E-state index in [1.165, 1.54) is 18.2 Å². The second-order valence-electron chi connectivity index (χ2n) is 9.08. The maximum atomic E-state index is 14.3. The zero-order valence-corrected chi connectivity index (χ0v) is 18.7. The van der Waals surface area contributed by atoms with Crippen LogP contribution in [0.5, 0.6) is 5.75 Å². The fourth-order valence-corrected chi connectivity index (χ4v) is 5.10. The van der Waals surface area contributed by atoms with Crippen molar-refractivity contribution in [3.8, 4) is 16.9 Å². The van der Waals surface area contributed by atoms with E-state index in [9.17, 15) is 23.1 Å². The molecule has 5 rings (SSSR count). The number of piperidine rings is 1. The van der Waals surface area contributed by atoms with E-state index in [-0.39, 0.29) is 34.4 Å². The Labute approximate surface area is 194 Å². The maximum Gasteiger partial charge on any atom is 0.450 e. The summed E-state index contributed by atoms with van der Waals surface area (Å²) in [5.74, 6) is -1.50. The number of halogens is 3. The van der Waals surface area contributed by atoms with Crippen LogP contribution in [0.2, 0.25) is 0 Å². The predicted octanol–water partition coefficient (Wildman–Crippen LogP) is 5.29. The molecule has 176 valence electrons. The number of hydrogen-bond donors (Lipinski definition) is 2. The second-order valence-corrected chi connectivity index (χ2v) is 9.08. The summed E-state index contributed by atoms with van der Waals surface area (Å²) in [4.78, 5) is 14.8. The van der Waals surface area contributed by atoms with Gasteiger partial charge in [0.1, 0.15) is 12.3 Å². The Bertz CT molecular complexity index is 1440. The monoisotopic (exact) mass is 468 g/mol. The molecule has 0 aliphatic carbocycles. The molecule has 7 heteroatoms. The fourth-order valence-electron chi connectivity index (χ4n) is 5.10. The molecule has 1 aliphatic rings. The number of quaternary nitrogens is 1. The van der Waals surface area contributed by atoms with Crippen LogP contribution in [0.25, 0.3) is 32.9 Å². The van der Waals surface area contributed by atoms with Crippen molar-refractivity contribution >= 4 is 21.7 Å². The van der Waals surface area contributed by atoms with Gasteiger partial charge < -0.3 is 14.4 Å². The second kappa shape index (κ2) is 8.47. The first kappa shape index (κ1) is 22.5. The molecule has 3 aromatic carbocycles. The van der Waals surface area contributed by atoms with Gasteiger partial charge in [0, 0.05) is 0 Å². The molecule has 0 bridgehead atoms. The molecular formula is C27H25F3NO3+. The van der Waals surface area contributed by atoms with Crippen LogP contribution in [-0.2, 0) is 12.7 Å². The van der Waals surface area contributed by atoms with Crippen molar-refractivity contribution in [2.24, 2.45) is 0 Å².